The standard InChI is InChI=1S/C19H24N6O2.HI/c1-20-19(21-10-6-11-26-14-17-9-5-12-27-17)22-13-18-24-23-15-25(18)16-7-3-2-4-8-16;/h2-5,7-9,12,15H,6,10-11,13-14H2,1H3,(H2,20,21,22);1H. The fourth-order valence-corrected chi connectivity index (χ4v) is 2.52. The number of nitrogens with one attached hydrogen (secondary N) is 2. The van der Waals surface area contributed by atoms with Crippen LogP contribution in [0.1, 0.15) is 18.0 Å². The van der Waals surface area contributed by atoms with E-state index in [1.807, 2.05) is 47.0 Å². The van der Waals surface area contributed by atoms with Crippen LogP contribution >= 0.6 is 24.0 Å². The first-order valence-electron chi connectivity index (χ1n) is 8.86. The Morgan fingerprint density at radius 1 is 1.18 bits per heavy atom. The molecule has 8 nitrogen and oxygen atoms in total. The molecule has 3 aromatic rings. The summed E-state index contributed by atoms with van der Waals surface area (Å²) in [6.07, 6.45) is 4.22. The number of para-hydroxylation sites is 1. The predicted octanol–water partition coefficient (Wildman–Crippen LogP) is 2.75. The number of ether oxygens (including phenoxy) is 1. The molecule has 0 aliphatic carbocycles. The maximum Gasteiger partial charge on any atom is 0.191 e. The van der Waals surface area contributed by atoms with Gasteiger partial charge >= 0.3 is 0 Å². The largest absolute Gasteiger partial charge is 0.467 e. The van der Waals surface area contributed by atoms with E-state index < -0.39 is 0 Å². The van der Waals surface area contributed by atoms with Crippen molar-refractivity contribution in [3.8, 4) is 5.69 Å². The highest BCUT2D eigenvalue weighted by Gasteiger charge is 2.07. The summed E-state index contributed by atoms with van der Waals surface area (Å²) in [7, 11) is 1.74. The molecule has 0 fully saturated rings. The molecule has 1 aromatic carbocycles. The van der Waals surface area contributed by atoms with Gasteiger partial charge in [-0.25, -0.2) is 0 Å². The molecule has 28 heavy (non-hydrogen) atoms. The number of aliphatic imine (C=N–C) groups is 1. The number of aromatic nitrogens is 3. The van der Waals surface area contributed by atoms with Crippen molar-refractivity contribution in [3.63, 3.8) is 0 Å². The van der Waals surface area contributed by atoms with Gasteiger partial charge in [0.2, 0.25) is 0 Å². The number of hydrogen-bond donors (Lipinski definition) is 2. The molecule has 2 aromatic heterocycles. The summed E-state index contributed by atoms with van der Waals surface area (Å²) >= 11 is 0. The van der Waals surface area contributed by atoms with Gasteiger partial charge in [0.25, 0.3) is 0 Å². The monoisotopic (exact) mass is 496 g/mol. The number of rotatable bonds is 9. The molecular weight excluding hydrogens is 471 g/mol. The molecular formula is C19H25IN6O2. The van der Waals surface area contributed by atoms with Crippen LogP contribution < -0.4 is 10.6 Å². The first kappa shape index (κ1) is 21.9. The molecule has 0 radical (unpaired) electrons. The highest BCUT2D eigenvalue weighted by molar-refractivity contribution is 14.0. The van der Waals surface area contributed by atoms with Gasteiger partial charge in [0.1, 0.15) is 18.7 Å². The fraction of sp³-hybridized carbons (Fsp3) is 0.316. The van der Waals surface area contributed by atoms with E-state index in [4.69, 9.17) is 9.15 Å². The molecule has 0 bridgehead atoms. The summed E-state index contributed by atoms with van der Waals surface area (Å²) in [6, 6.07) is 13.7. The van der Waals surface area contributed by atoms with Crippen molar-refractivity contribution < 1.29 is 9.15 Å². The van der Waals surface area contributed by atoms with Crippen LogP contribution in [0.5, 0.6) is 0 Å². The van der Waals surface area contributed by atoms with Crippen LogP contribution in [-0.2, 0) is 17.9 Å². The van der Waals surface area contributed by atoms with Crippen LogP contribution in [0.2, 0.25) is 0 Å². The molecule has 0 saturated heterocycles. The Labute approximate surface area is 181 Å². The minimum Gasteiger partial charge on any atom is -0.467 e. The van der Waals surface area contributed by atoms with Gasteiger partial charge in [0.15, 0.2) is 11.8 Å². The molecule has 0 unspecified atom stereocenters. The molecule has 0 amide bonds. The van der Waals surface area contributed by atoms with E-state index in [0.717, 1.165) is 30.2 Å². The molecule has 0 spiro atoms. The smallest absolute Gasteiger partial charge is 0.191 e. The quantitative estimate of drug-likeness (QED) is 0.205. The maximum absolute atomic E-state index is 5.56. The van der Waals surface area contributed by atoms with Crippen LogP contribution in [-0.4, -0.2) is 40.9 Å². The van der Waals surface area contributed by atoms with Gasteiger partial charge in [0, 0.05) is 25.9 Å². The SMILES string of the molecule is CN=C(NCCCOCc1ccco1)NCc1nncn1-c1ccccc1.I. The average molecular weight is 496 g/mol. The molecule has 0 aliphatic rings. The van der Waals surface area contributed by atoms with Crippen LogP contribution in [0.25, 0.3) is 5.69 Å². The lowest BCUT2D eigenvalue weighted by molar-refractivity contribution is 0.105. The van der Waals surface area contributed by atoms with E-state index in [-0.39, 0.29) is 24.0 Å². The Morgan fingerprint density at radius 3 is 2.79 bits per heavy atom. The third-order valence-electron chi connectivity index (χ3n) is 3.87. The lowest BCUT2D eigenvalue weighted by atomic mass is 10.3. The van der Waals surface area contributed by atoms with E-state index in [1.54, 1.807) is 19.6 Å². The normalized spacial score (nSPS) is 11.1. The summed E-state index contributed by atoms with van der Waals surface area (Å²) in [5.41, 5.74) is 1.02. The Kier molecular flexibility index (Phi) is 9.49. The van der Waals surface area contributed by atoms with Gasteiger partial charge in [-0.1, -0.05) is 18.2 Å². The molecule has 2 heterocycles. The highest BCUT2D eigenvalue weighted by Crippen LogP contribution is 2.08. The zero-order valence-electron chi connectivity index (χ0n) is 15.7. The van der Waals surface area contributed by atoms with Gasteiger partial charge in [0.05, 0.1) is 12.8 Å². The Bertz CT molecular complexity index is 820. The number of nitrogens with zero attached hydrogens (tertiary/aromatic N) is 4. The molecule has 0 saturated carbocycles. The van der Waals surface area contributed by atoms with Gasteiger partial charge < -0.3 is 19.8 Å². The fourth-order valence-electron chi connectivity index (χ4n) is 2.52. The number of furan rings is 1. The Hall–Kier alpha value is -2.40. The summed E-state index contributed by atoms with van der Waals surface area (Å²) < 4.78 is 12.7. The third-order valence-corrected chi connectivity index (χ3v) is 3.87. The van der Waals surface area contributed by atoms with Crippen LogP contribution in [0.3, 0.4) is 0 Å². The zero-order chi connectivity index (χ0) is 18.7. The second-order valence-corrected chi connectivity index (χ2v) is 5.79. The highest BCUT2D eigenvalue weighted by atomic mass is 127. The second kappa shape index (κ2) is 12.1. The number of benzene rings is 1. The number of hydrogen-bond acceptors (Lipinski definition) is 5. The van der Waals surface area contributed by atoms with Crippen LogP contribution in [0.4, 0.5) is 0 Å². The van der Waals surface area contributed by atoms with Crippen molar-refractivity contribution in [2.75, 3.05) is 20.2 Å². The van der Waals surface area contributed by atoms with Gasteiger partial charge in [-0.15, -0.1) is 34.2 Å². The lowest BCUT2D eigenvalue weighted by Crippen LogP contribution is -2.38. The molecule has 150 valence electrons. The molecule has 3 rings (SSSR count). The molecule has 2 N–H and O–H groups in total. The molecule has 0 aliphatic heterocycles. The van der Waals surface area contributed by atoms with Crippen molar-refractivity contribution in [3.05, 3.63) is 66.6 Å². The third kappa shape index (κ3) is 6.64. The lowest BCUT2D eigenvalue weighted by Gasteiger charge is -2.12. The van der Waals surface area contributed by atoms with Crippen molar-refractivity contribution >= 4 is 29.9 Å². The van der Waals surface area contributed by atoms with Crippen molar-refractivity contribution in [1.82, 2.24) is 25.4 Å². The summed E-state index contributed by atoms with van der Waals surface area (Å²) in [5.74, 6) is 2.36. The number of guanidine groups is 1. The first-order valence-corrected chi connectivity index (χ1v) is 8.86. The predicted molar refractivity (Wildman–Crippen MR) is 118 cm³/mol. The van der Waals surface area contributed by atoms with E-state index >= 15 is 0 Å². The molecule has 0 atom stereocenters. The minimum atomic E-state index is 0. The summed E-state index contributed by atoms with van der Waals surface area (Å²) in [6.45, 7) is 2.41. The van der Waals surface area contributed by atoms with Crippen LogP contribution in [0, 0.1) is 0 Å². The van der Waals surface area contributed by atoms with E-state index in [2.05, 4.69) is 25.8 Å². The van der Waals surface area contributed by atoms with E-state index in [9.17, 15) is 0 Å². The van der Waals surface area contributed by atoms with Crippen molar-refractivity contribution in [2.24, 2.45) is 4.99 Å². The van der Waals surface area contributed by atoms with E-state index in [1.165, 1.54) is 0 Å². The van der Waals surface area contributed by atoms with E-state index in [0.29, 0.717) is 25.7 Å². The van der Waals surface area contributed by atoms with Gasteiger partial charge in [-0.2, -0.15) is 0 Å². The van der Waals surface area contributed by atoms with Gasteiger partial charge in [-0.3, -0.25) is 9.56 Å². The summed E-state index contributed by atoms with van der Waals surface area (Å²) in [4.78, 5) is 4.23. The summed E-state index contributed by atoms with van der Waals surface area (Å²) in [5, 5.41) is 14.7. The maximum atomic E-state index is 5.56. The molecule has 9 heteroatoms. The average Bonchev–Trinajstić information content (AvgIpc) is 3.39. The topological polar surface area (TPSA) is 89.5 Å². The first-order chi connectivity index (χ1) is 13.4. The Morgan fingerprint density at radius 2 is 2.04 bits per heavy atom. The zero-order valence-corrected chi connectivity index (χ0v) is 18.1. The van der Waals surface area contributed by atoms with Crippen LogP contribution in [0.15, 0.2) is 64.5 Å². The number of halogens is 1. The minimum absolute atomic E-state index is 0. The van der Waals surface area contributed by atoms with Crippen molar-refractivity contribution in [2.45, 2.75) is 19.6 Å². The second-order valence-electron chi connectivity index (χ2n) is 5.79. The van der Waals surface area contributed by atoms with Gasteiger partial charge in [-0.05, 0) is 30.7 Å². The van der Waals surface area contributed by atoms with Crippen molar-refractivity contribution in [1.29, 1.82) is 0 Å². The Balaban J connectivity index is 0.00000280.